The van der Waals surface area contributed by atoms with Gasteiger partial charge < -0.3 is 15.4 Å². The second kappa shape index (κ2) is 5.35. The van der Waals surface area contributed by atoms with Gasteiger partial charge in [-0.05, 0) is 19.4 Å². The van der Waals surface area contributed by atoms with E-state index in [0.717, 1.165) is 17.8 Å². The smallest absolute Gasteiger partial charge is 0.256 e. The van der Waals surface area contributed by atoms with Crippen LogP contribution in [0.15, 0.2) is 6.07 Å². The zero-order valence-electron chi connectivity index (χ0n) is 10.9. The van der Waals surface area contributed by atoms with Gasteiger partial charge in [0.25, 0.3) is 5.91 Å². The normalized spacial score (nSPS) is 13.9. The lowest BCUT2D eigenvalue weighted by Gasteiger charge is -2.12. The third kappa shape index (κ3) is 2.31. The molecule has 2 N–H and O–H groups in total. The average molecular weight is 249 g/mol. The van der Waals surface area contributed by atoms with Crippen molar-refractivity contribution in [2.75, 3.05) is 19.7 Å². The standard InChI is InChI=1S/C13H19N3O2/c1-3-6-18-12-7-10-11(15-9(12)2)8-16(5-4-14)13(10)17/h7H,3-6,8,14H2,1-2H3. The number of hydrogen-bond donors (Lipinski definition) is 1. The summed E-state index contributed by atoms with van der Waals surface area (Å²) in [6.07, 6.45) is 0.934. The van der Waals surface area contributed by atoms with E-state index in [1.807, 2.05) is 19.9 Å². The third-order valence-corrected chi connectivity index (χ3v) is 2.96. The first-order valence-corrected chi connectivity index (χ1v) is 6.30. The molecule has 0 fully saturated rings. The van der Waals surface area contributed by atoms with Crippen LogP contribution in [0.5, 0.6) is 5.75 Å². The summed E-state index contributed by atoms with van der Waals surface area (Å²) in [4.78, 5) is 18.3. The molecule has 2 heterocycles. The van der Waals surface area contributed by atoms with Gasteiger partial charge in [0.05, 0.1) is 30.1 Å². The molecule has 1 aliphatic rings. The van der Waals surface area contributed by atoms with E-state index >= 15 is 0 Å². The lowest BCUT2D eigenvalue weighted by molar-refractivity contribution is 0.0782. The fourth-order valence-electron chi connectivity index (χ4n) is 2.06. The highest BCUT2D eigenvalue weighted by atomic mass is 16.5. The van der Waals surface area contributed by atoms with Gasteiger partial charge in [0.15, 0.2) is 0 Å². The van der Waals surface area contributed by atoms with Crippen LogP contribution in [-0.2, 0) is 6.54 Å². The van der Waals surface area contributed by atoms with E-state index in [1.54, 1.807) is 4.90 Å². The molecule has 0 spiro atoms. The number of carbonyl (C=O) groups is 1. The van der Waals surface area contributed by atoms with Gasteiger partial charge >= 0.3 is 0 Å². The van der Waals surface area contributed by atoms with E-state index in [0.29, 0.717) is 37.6 Å². The number of fused-ring (bicyclic) bond motifs is 1. The maximum atomic E-state index is 12.1. The number of carbonyl (C=O) groups excluding carboxylic acids is 1. The summed E-state index contributed by atoms with van der Waals surface area (Å²) in [5, 5.41) is 0. The van der Waals surface area contributed by atoms with Crippen LogP contribution in [0.4, 0.5) is 0 Å². The first-order valence-electron chi connectivity index (χ1n) is 6.30. The van der Waals surface area contributed by atoms with Crippen LogP contribution in [0.3, 0.4) is 0 Å². The molecule has 2 rings (SSSR count). The monoisotopic (exact) mass is 249 g/mol. The summed E-state index contributed by atoms with van der Waals surface area (Å²) in [5.74, 6) is 0.711. The van der Waals surface area contributed by atoms with Crippen LogP contribution in [0.1, 0.15) is 35.1 Å². The molecule has 0 bridgehead atoms. The summed E-state index contributed by atoms with van der Waals surface area (Å²) in [6, 6.07) is 1.81. The Bertz CT molecular complexity index is 460. The molecule has 0 radical (unpaired) electrons. The van der Waals surface area contributed by atoms with E-state index in [1.165, 1.54) is 0 Å². The van der Waals surface area contributed by atoms with Crippen LogP contribution < -0.4 is 10.5 Å². The van der Waals surface area contributed by atoms with Crippen LogP contribution in [0, 0.1) is 6.92 Å². The second-order valence-corrected chi connectivity index (χ2v) is 4.43. The van der Waals surface area contributed by atoms with Gasteiger partial charge in [0.2, 0.25) is 0 Å². The maximum Gasteiger partial charge on any atom is 0.256 e. The molecule has 1 aromatic rings. The predicted octanol–water partition coefficient (Wildman–Crippen LogP) is 1.09. The number of amides is 1. The molecule has 1 aromatic heterocycles. The number of aryl methyl sites for hydroxylation is 1. The third-order valence-electron chi connectivity index (χ3n) is 2.96. The molecule has 1 amide bonds. The topological polar surface area (TPSA) is 68.4 Å². The van der Waals surface area contributed by atoms with Crippen molar-refractivity contribution in [2.24, 2.45) is 5.73 Å². The molecule has 0 unspecified atom stereocenters. The van der Waals surface area contributed by atoms with E-state index in [-0.39, 0.29) is 5.91 Å². The molecule has 5 nitrogen and oxygen atoms in total. The van der Waals surface area contributed by atoms with Crippen molar-refractivity contribution in [1.82, 2.24) is 9.88 Å². The lowest BCUT2D eigenvalue weighted by Crippen LogP contribution is -2.29. The van der Waals surface area contributed by atoms with Gasteiger partial charge in [0.1, 0.15) is 5.75 Å². The Labute approximate surface area is 107 Å². The zero-order valence-corrected chi connectivity index (χ0v) is 10.9. The van der Waals surface area contributed by atoms with E-state index in [9.17, 15) is 4.79 Å². The Kier molecular flexibility index (Phi) is 3.81. The van der Waals surface area contributed by atoms with Crippen molar-refractivity contribution < 1.29 is 9.53 Å². The van der Waals surface area contributed by atoms with Crippen molar-refractivity contribution in [1.29, 1.82) is 0 Å². The zero-order chi connectivity index (χ0) is 13.1. The van der Waals surface area contributed by atoms with Crippen molar-refractivity contribution in [3.8, 4) is 5.75 Å². The molecule has 0 aliphatic carbocycles. The molecular weight excluding hydrogens is 230 g/mol. The number of hydrogen-bond acceptors (Lipinski definition) is 4. The van der Waals surface area contributed by atoms with Gasteiger partial charge in [-0.1, -0.05) is 6.92 Å². The molecule has 0 atom stereocenters. The van der Waals surface area contributed by atoms with E-state index in [4.69, 9.17) is 10.5 Å². The number of nitrogens with zero attached hydrogens (tertiary/aromatic N) is 2. The van der Waals surface area contributed by atoms with Crippen molar-refractivity contribution in [3.05, 3.63) is 23.0 Å². The molecule has 1 aliphatic heterocycles. The van der Waals surface area contributed by atoms with Gasteiger partial charge in [-0.25, -0.2) is 0 Å². The van der Waals surface area contributed by atoms with Crippen molar-refractivity contribution >= 4 is 5.91 Å². The molecule has 0 aromatic carbocycles. The van der Waals surface area contributed by atoms with Gasteiger partial charge in [-0.15, -0.1) is 0 Å². The highest BCUT2D eigenvalue weighted by molar-refractivity contribution is 5.98. The highest BCUT2D eigenvalue weighted by Gasteiger charge is 2.29. The first kappa shape index (κ1) is 12.8. The number of rotatable bonds is 5. The molecule has 0 saturated heterocycles. The maximum absolute atomic E-state index is 12.1. The van der Waals surface area contributed by atoms with Gasteiger partial charge in [-0.2, -0.15) is 0 Å². The SMILES string of the molecule is CCCOc1cc2c(nc1C)CN(CCN)C2=O. The van der Waals surface area contributed by atoms with Crippen molar-refractivity contribution in [2.45, 2.75) is 26.8 Å². The molecular formula is C13H19N3O2. The van der Waals surface area contributed by atoms with Gasteiger partial charge in [-0.3, -0.25) is 9.78 Å². The quantitative estimate of drug-likeness (QED) is 0.848. The Morgan fingerprint density at radius 3 is 3.00 bits per heavy atom. The predicted molar refractivity (Wildman–Crippen MR) is 68.6 cm³/mol. The van der Waals surface area contributed by atoms with Crippen LogP contribution in [0.25, 0.3) is 0 Å². The average Bonchev–Trinajstić information content (AvgIpc) is 2.64. The summed E-state index contributed by atoms with van der Waals surface area (Å²) >= 11 is 0. The first-order chi connectivity index (χ1) is 8.67. The molecule has 18 heavy (non-hydrogen) atoms. The minimum absolute atomic E-state index is 0.00398. The highest BCUT2D eigenvalue weighted by Crippen LogP contribution is 2.27. The fourth-order valence-corrected chi connectivity index (χ4v) is 2.06. The Morgan fingerprint density at radius 1 is 1.56 bits per heavy atom. The van der Waals surface area contributed by atoms with E-state index in [2.05, 4.69) is 4.98 Å². The van der Waals surface area contributed by atoms with Crippen molar-refractivity contribution in [3.63, 3.8) is 0 Å². The molecule has 0 saturated carbocycles. The second-order valence-electron chi connectivity index (χ2n) is 4.43. The van der Waals surface area contributed by atoms with Gasteiger partial charge in [0, 0.05) is 13.1 Å². The minimum Gasteiger partial charge on any atom is -0.492 e. The Morgan fingerprint density at radius 2 is 2.33 bits per heavy atom. The van der Waals surface area contributed by atoms with Crippen LogP contribution >= 0.6 is 0 Å². The number of ether oxygens (including phenoxy) is 1. The summed E-state index contributed by atoms with van der Waals surface area (Å²) < 4.78 is 5.60. The fraction of sp³-hybridized carbons (Fsp3) is 0.538. The largest absolute Gasteiger partial charge is 0.492 e. The molecule has 98 valence electrons. The Hall–Kier alpha value is -1.62. The molecule has 5 heteroatoms. The van der Waals surface area contributed by atoms with E-state index < -0.39 is 0 Å². The Balaban J connectivity index is 2.25. The lowest BCUT2D eigenvalue weighted by atomic mass is 10.2. The summed E-state index contributed by atoms with van der Waals surface area (Å²) in [7, 11) is 0. The minimum atomic E-state index is 0.00398. The number of aromatic nitrogens is 1. The summed E-state index contributed by atoms with van der Waals surface area (Å²) in [5.41, 5.74) is 7.81. The number of nitrogens with two attached hydrogens (primary N) is 1. The van der Waals surface area contributed by atoms with Crippen LogP contribution in [0.2, 0.25) is 0 Å². The number of pyridine rings is 1. The van der Waals surface area contributed by atoms with Crippen LogP contribution in [-0.4, -0.2) is 35.5 Å². The summed E-state index contributed by atoms with van der Waals surface area (Å²) in [6.45, 7) is 6.19.